The zero-order chi connectivity index (χ0) is 18.5. The summed E-state index contributed by atoms with van der Waals surface area (Å²) in [6, 6.07) is 13.3. The first-order chi connectivity index (χ1) is 12.6. The molecular formula is C22H22O4. The molecule has 0 aromatic heterocycles. The van der Waals surface area contributed by atoms with Gasteiger partial charge in [0.15, 0.2) is 5.78 Å². The van der Waals surface area contributed by atoms with Crippen LogP contribution in [0.5, 0.6) is 17.2 Å². The van der Waals surface area contributed by atoms with Crippen molar-refractivity contribution in [1.29, 1.82) is 0 Å². The van der Waals surface area contributed by atoms with E-state index in [4.69, 9.17) is 14.2 Å². The molecule has 0 unspecified atom stereocenters. The summed E-state index contributed by atoms with van der Waals surface area (Å²) in [6.45, 7) is 0. The van der Waals surface area contributed by atoms with Crippen LogP contribution < -0.4 is 14.2 Å². The largest absolute Gasteiger partial charge is 0.497 e. The van der Waals surface area contributed by atoms with Crippen LogP contribution in [0.3, 0.4) is 0 Å². The number of ketones is 1. The third-order valence-corrected chi connectivity index (χ3v) is 4.43. The van der Waals surface area contributed by atoms with Gasteiger partial charge in [0.2, 0.25) is 0 Å². The number of Topliss-reactive ketones (excluding diaryl/α,β-unsaturated/α-hetero) is 1. The minimum absolute atomic E-state index is 0.0812. The number of ether oxygens (including phenoxy) is 3. The molecule has 4 heteroatoms. The van der Waals surface area contributed by atoms with Gasteiger partial charge in [0, 0.05) is 22.8 Å². The lowest BCUT2D eigenvalue weighted by Gasteiger charge is -2.06. The van der Waals surface area contributed by atoms with Crippen molar-refractivity contribution >= 4 is 17.9 Å². The summed E-state index contributed by atoms with van der Waals surface area (Å²) in [5.41, 5.74) is 3.41. The van der Waals surface area contributed by atoms with Gasteiger partial charge in [0.1, 0.15) is 17.2 Å². The van der Waals surface area contributed by atoms with E-state index in [1.165, 1.54) is 0 Å². The van der Waals surface area contributed by atoms with Crippen LogP contribution in [0.25, 0.3) is 12.2 Å². The van der Waals surface area contributed by atoms with E-state index in [9.17, 15) is 4.79 Å². The average Bonchev–Trinajstić information content (AvgIpc) is 3.01. The van der Waals surface area contributed by atoms with Crippen LogP contribution in [-0.2, 0) is 4.79 Å². The highest BCUT2D eigenvalue weighted by atomic mass is 16.5. The molecule has 26 heavy (non-hydrogen) atoms. The summed E-state index contributed by atoms with van der Waals surface area (Å²) >= 11 is 0. The molecule has 0 saturated heterocycles. The van der Waals surface area contributed by atoms with Gasteiger partial charge in [-0.2, -0.15) is 0 Å². The first kappa shape index (κ1) is 17.8. The Labute approximate surface area is 153 Å². The number of hydrogen-bond donors (Lipinski definition) is 0. The van der Waals surface area contributed by atoms with E-state index in [1.807, 2.05) is 54.6 Å². The summed E-state index contributed by atoms with van der Waals surface area (Å²) in [5, 5.41) is 0. The molecule has 1 fully saturated rings. The maximum absolute atomic E-state index is 12.8. The molecular weight excluding hydrogens is 328 g/mol. The molecule has 1 saturated carbocycles. The molecule has 2 aromatic rings. The summed E-state index contributed by atoms with van der Waals surface area (Å²) in [5.74, 6) is 2.25. The summed E-state index contributed by atoms with van der Waals surface area (Å²) in [7, 11) is 4.86. The van der Waals surface area contributed by atoms with E-state index >= 15 is 0 Å². The van der Waals surface area contributed by atoms with Crippen molar-refractivity contribution in [3.8, 4) is 17.2 Å². The standard InChI is InChI=1S/C22H22O4/c1-24-19-11-15(12-20(14-19)25-2)10-17-8-9-18(22(17)23)13-16-6-4-5-7-21(16)26-3/h4-7,10-14H,8-9H2,1-3H3/b17-10+,18-13+. The Morgan fingerprint density at radius 3 is 2.04 bits per heavy atom. The molecule has 0 aliphatic heterocycles. The number of benzene rings is 2. The van der Waals surface area contributed by atoms with Gasteiger partial charge >= 0.3 is 0 Å². The Bertz CT molecular complexity index is 855. The molecule has 134 valence electrons. The fraction of sp³-hybridized carbons (Fsp3) is 0.227. The average molecular weight is 350 g/mol. The Morgan fingerprint density at radius 2 is 1.42 bits per heavy atom. The van der Waals surface area contributed by atoms with Crippen LogP contribution in [0.15, 0.2) is 53.6 Å². The molecule has 0 spiro atoms. The molecule has 0 heterocycles. The zero-order valence-electron chi connectivity index (χ0n) is 15.2. The molecule has 0 bridgehead atoms. The number of methoxy groups -OCH3 is 3. The van der Waals surface area contributed by atoms with Crippen LogP contribution in [0, 0.1) is 0 Å². The number of para-hydroxylation sites is 1. The number of allylic oxidation sites excluding steroid dienone is 2. The third-order valence-electron chi connectivity index (χ3n) is 4.43. The predicted octanol–water partition coefficient (Wildman–Crippen LogP) is 4.54. The Kier molecular flexibility index (Phi) is 5.42. The fourth-order valence-corrected chi connectivity index (χ4v) is 3.07. The monoisotopic (exact) mass is 350 g/mol. The lowest BCUT2D eigenvalue weighted by Crippen LogP contribution is -1.96. The van der Waals surface area contributed by atoms with Gasteiger partial charge in [0.05, 0.1) is 21.3 Å². The van der Waals surface area contributed by atoms with Gasteiger partial charge in [-0.1, -0.05) is 18.2 Å². The minimum Gasteiger partial charge on any atom is -0.497 e. The van der Waals surface area contributed by atoms with Gasteiger partial charge in [-0.3, -0.25) is 4.79 Å². The Hall–Kier alpha value is -3.01. The van der Waals surface area contributed by atoms with E-state index in [-0.39, 0.29) is 5.78 Å². The number of hydrogen-bond acceptors (Lipinski definition) is 4. The summed E-state index contributed by atoms with van der Waals surface area (Å²) in [6.07, 6.45) is 5.29. The van der Waals surface area contributed by atoms with Crippen LogP contribution in [0.4, 0.5) is 0 Å². The first-order valence-electron chi connectivity index (χ1n) is 8.46. The minimum atomic E-state index is 0.0812. The van der Waals surface area contributed by atoms with Crippen LogP contribution in [-0.4, -0.2) is 27.1 Å². The number of rotatable bonds is 5. The second-order valence-electron chi connectivity index (χ2n) is 6.06. The summed E-state index contributed by atoms with van der Waals surface area (Å²) < 4.78 is 16.0. The van der Waals surface area contributed by atoms with Gasteiger partial charge in [-0.15, -0.1) is 0 Å². The highest BCUT2D eigenvalue weighted by Gasteiger charge is 2.23. The maximum atomic E-state index is 12.8. The van der Waals surface area contributed by atoms with Gasteiger partial charge < -0.3 is 14.2 Å². The number of carbonyl (C=O) groups is 1. The molecule has 0 N–H and O–H groups in total. The van der Waals surface area contributed by atoms with Crippen molar-refractivity contribution < 1.29 is 19.0 Å². The van der Waals surface area contributed by atoms with Crippen molar-refractivity contribution in [3.63, 3.8) is 0 Å². The molecule has 4 nitrogen and oxygen atoms in total. The van der Waals surface area contributed by atoms with Crippen LogP contribution >= 0.6 is 0 Å². The maximum Gasteiger partial charge on any atom is 0.185 e. The second-order valence-corrected chi connectivity index (χ2v) is 6.06. The van der Waals surface area contributed by atoms with E-state index in [2.05, 4.69) is 0 Å². The van der Waals surface area contributed by atoms with Gasteiger partial charge in [0.25, 0.3) is 0 Å². The van der Waals surface area contributed by atoms with E-state index in [0.717, 1.165) is 40.9 Å². The molecule has 2 aromatic carbocycles. The molecule has 0 amide bonds. The zero-order valence-corrected chi connectivity index (χ0v) is 15.2. The Balaban J connectivity index is 1.89. The lowest BCUT2D eigenvalue weighted by molar-refractivity contribution is -0.111. The van der Waals surface area contributed by atoms with E-state index in [1.54, 1.807) is 21.3 Å². The Morgan fingerprint density at radius 1 is 0.808 bits per heavy atom. The molecule has 1 aliphatic carbocycles. The lowest BCUT2D eigenvalue weighted by atomic mass is 10.1. The third kappa shape index (κ3) is 3.80. The SMILES string of the molecule is COc1cc(/C=C2\CC/C(=C\c3ccccc3OC)C2=O)cc(OC)c1. The smallest absolute Gasteiger partial charge is 0.185 e. The van der Waals surface area contributed by atoms with Crippen molar-refractivity contribution in [2.75, 3.05) is 21.3 Å². The topological polar surface area (TPSA) is 44.8 Å². The number of carbonyl (C=O) groups excluding carboxylic acids is 1. The second kappa shape index (κ2) is 7.91. The molecule has 3 rings (SSSR count). The molecule has 0 atom stereocenters. The highest BCUT2D eigenvalue weighted by molar-refractivity contribution is 6.15. The molecule has 1 aliphatic rings. The summed E-state index contributed by atoms with van der Waals surface area (Å²) in [4.78, 5) is 12.8. The van der Waals surface area contributed by atoms with E-state index < -0.39 is 0 Å². The van der Waals surface area contributed by atoms with Crippen molar-refractivity contribution in [3.05, 3.63) is 64.7 Å². The fourth-order valence-electron chi connectivity index (χ4n) is 3.07. The van der Waals surface area contributed by atoms with Crippen molar-refractivity contribution in [1.82, 2.24) is 0 Å². The first-order valence-corrected chi connectivity index (χ1v) is 8.46. The van der Waals surface area contributed by atoms with Crippen molar-refractivity contribution in [2.24, 2.45) is 0 Å². The van der Waals surface area contributed by atoms with Gasteiger partial charge in [-0.05, 0) is 48.8 Å². The molecule has 0 radical (unpaired) electrons. The quantitative estimate of drug-likeness (QED) is 0.743. The normalized spacial score (nSPS) is 17.0. The van der Waals surface area contributed by atoms with Crippen LogP contribution in [0.1, 0.15) is 24.0 Å². The predicted molar refractivity (Wildman–Crippen MR) is 103 cm³/mol. The van der Waals surface area contributed by atoms with E-state index in [0.29, 0.717) is 11.5 Å². The van der Waals surface area contributed by atoms with Crippen LogP contribution in [0.2, 0.25) is 0 Å². The van der Waals surface area contributed by atoms with Gasteiger partial charge in [-0.25, -0.2) is 0 Å². The van der Waals surface area contributed by atoms with Crippen molar-refractivity contribution in [2.45, 2.75) is 12.8 Å². The highest BCUT2D eigenvalue weighted by Crippen LogP contribution is 2.32.